The number of rotatable bonds is 6. The Balaban J connectivity index is 1.67. The van der Waals surface area contributed by atoms with Gasteiger partial charge < -0.3 is 9.88 Å². The maximum atomic E-state index is 13.6. The van der Waals surface area contributed by atoms with Crippen LogP contribution in [-0.4, -0.2) is 29.6 Å². The van der Waals surface area contributed by atoms with Crippen LogP contribution < -0.4 is 10.5 Å². The molecule has 0 fully saturated rings. The molecule has 0 aliphatic carbocycles. The number of fused-ring (bicyclic) bond motifs is 1. The lowest BCUT2D eigenvalue weighted by Crippen LogP contribution is -2.25. The first-order valence-corrected chi connectivity index (χ1v) is 10.4. The molecule has 27 heavy (non-hydrogen) atoms. The number of hydrogen-bond donors (Lipinski definition) is 2. The first-order chi connectivity index (χ1) is 12.8. The molecule has 0 spiro atoms. The number of nitrogens with zero attached hydrogens (tertiary/aromatic N) is 2. The van der Waals surface area contributed by atoms with Crippen molar-refractivity contribution in [3.8, 4) is 0 Å². The highest BCUT2D eigenvalue weighted by molar-refractivity contribution is 7.99. The van der Waals surface area contributed by atoms with Crippen LogP contribution in [0.15, 0.2) is 52.5 Å². The van der Waals surface area contributed by atoms with Crippen molar-refractivity contribution in [2.75, 3.05) is 5.75 Å². The molecule has 0 saturated carbocycles. The zero-order chi connectivity index (χ0) is 19.6. The summed E-state index contributed by atoms with van der Waals surface area (Å²) in [5, 5.41) is 8.35. The highest BCUT2D eigenvalue weighted by Crippen LogP contribution is 2.24. The van der Waals surface area contributed by atoms with Crippen molar-refractivity contribution in [3.63, 3.8) is 0 Å². The van der Waals surface area contributed by atoms with Crippen LogP contribution in [0.1, 0.15) is 5.56 Å². The van der Waals surface area contributed by atoms with Crippen molar-refractivity contribution < 1.29 is 17.6 Å². The van der Waals surface area contributed by atoms with E-state index in [4.69, 9.17) is 5.14 Å². The molecule has 10 heteroatoms. The van der Waals surface area contributed by atoms with Crippen LogP contribution >= 0.6 is 11.8 Å². The van der Waals surface area contributed by atoms with Gasteiger partial charge in [-0.2, -0.15) is 0 Å². The zero-order valence-corrected chi connectivity index (χ0v) is 16.0. The van der Waals surface area contributed by atoms with Crippen LogP contribution in [0, 0.1) is 5.82 Å². The fourth-order valence-electron chi connectivity index (χ4n) is 2.48. The Morgan fingerprint density at radius 2 is 2.04 bits per heavy atom. The van der Waals surface area contributed by atoms with E-state index in [9.17, 15) is 17.6 Å². The molecule has 3 rings (SSSR count). The largest absolute Gasteiger partial charge is 0.351 e. The second kappa shape index (κ2) is 7.67. The number of halogens is 1. The topological polar surface area (TPSA) is 107 Å². The van der Waals surface area contributed by atoms with Crippen LogP contribution in [0.25, 0.3) is 11.0 Å². The Hall–Kier alpha value is -2.43. The predicted octanol–water partition coefficient (Wildman–Crippen LogP) is 1.77. The lowest BCUT2D eigenvalue weighted by atomic mass is 10.2. The molecule has 0 saturated heterocycles. The van der Waals surface area contributed by atoms with E-state index in [1.807, 2.05) is 0 Å². The molecule has 1 amide bonds. The maximum Gasteiger partial charge on any atom is 0.238 e. The van der Waals surface area contributed by atoms with Gasteiger partial charge in [0.05, 0.1) is 21.7 Å². The Labute approximate surface area is 159 Å². The molecule has 0 radical (unpaired) electrons. The van der Waals surface area contributed by atoms with Gasteiger partial charge in [-0.3, -0.25) is 4.79 Å². The zero-order valence-electron chi connectivity index (χ0n) is 14.3. The van der Waals surface area contributed by atoms with Crippen molar-refractivity contribution in [2.24, 2.45) is 12.2 Å². The van der Waals surface area contributed by atoms with Gasteiger partial charge in [-0.05, 0) is 24.3 Å². The number of hydrogen-bond acceptors (Lipinski definition) is 5. The molecule has 0 aliphatic heterocycles. The Morgan fingerprint density at radius 3 is 2.74 bits per heavy atom. The van der Waals surface area contributed by atoms with Gasteiger partial charge in [0.2, 0.25) is 15.9 Å². The van der Waals surface area contributed by atoms with Crippen LogP contribution in [0.2, 0.25) is 0 Å². The second-order valence-electron chi connectivity index (χ2n) is 5.81. The highest BCUT2D eigenvalue weighted by Gasteiger charge is 2.14. The number of carbonyl (C=O) groups is 1. The van der Waals surface area contributed by atoms with E-state index >= 15 is 0 Å². The lowest BCUT2D eigenvalue weighted by Gasteiger charge is -2.06. The standard InChI is InChI=1S/C17H17FN4O3S2/c1-22-15-7-6-12(27(19,24)25)8-14(15)21-17(22)26-10-16(23)20-9-11-4-2-3-5-13(11)18/h2-8H,9-10H2,1H3,(H,20,23)(H2,19,24,25). The number of benzene rings is 2. The van der Waals surface area contributed by atoms with Crippen LogP contribution in [0.4, 0.5) is 4.39 Å². The smallest absolute Gasteiger partial charge is 0.238 e. The molecule has 0 atom stereocenters. The van der Waals surface area contributed by atoms with E-state index in [0.29, 0.717) is 16.2 Å². The lowest BCUT2D eigenvalue weighted by molar-refractivity contribution is -0.118. The molecule has 1 heterocycles. The van der Waals surface area contributed by atoms with Crippen LogP contribution in [0.5, 0.6) is 0 Å². The first kappa shape index (κ1) is 19.3. The van der Waals surface area contributed by atoms with E-state index in [1.165, 1.54) is 30.0 Å². The average Bonchev–Trinajstić information content (AvgIpc) is 2.94. The van der Waals surface area contributed by atoms with E-state index in [0.717, 1.165) is 5.52 Å². The summed E-state index contributed by atoms with van der Waals surface area (Å²) < 4.78 is 38.2. The number of primary sulfonamides is 1. The number of sulfonamides is 1. The minimum Gasteiger partial charge on any atom is -0.351 e. The van der Waals surface area contributed by atoms with Crippen molar-refractivity contribution in [1.82, 2.24) is 14.9 Å². The molecule has 142 valence electrons. The molecular formula is C17H17FN4O3S2. The molecule has 3 N–H and O–H groups in total. The Bertz CT molecular complexity index is 1110. The van der Waals surface area contributed by atoms with Gasteiger partial charge in [0, 0.05) is 19.2 Å². The molecule has 0 unspecified atom stereocenters. The summed E-state index contributed by atoms with van der Waals surface area (Å²) in [6.45, 7) is 0.103. The van der Waals surface area contributed by atoms with Gasteiger partial charge in [0.1, 0.15) is 5.82 Å². The quantitative estimate of drug-likeness (QED) is 0.605. The summed E-state index contributed by atoms with van der Waals surface area (Å²) in [5.41, 5.74) is 1.60. The van der Waals surface area contributed by atoms with Crippen molar-refractivity contribution in [3.05, 3.63) is 53.8 Å². The van der Waals surface area contributed by atoms with Crippen molar-refractivity contribution >= 4 is 38.7 Å². The molecule has 3 aromatic rings. The third-order valence-corrected chi connectivity index (χ3v) is 5.85. The normalized spacial score (nSPS) is 11.7. The van der Waals surface area contributed by atoms with Crippen LogP contribution in [0.3, 0.4) is 0 Å². The SMILES string of the molecule is Cn1c(SCC(=O)NCc2ccccc2F)nc2cc(S(N)(=O)=O)ccc21. The predicted molar refractivity (Wildman–Crippen MR) is 101 cm³/mol. The summed E-state index contributed by atoms with van der Waals surface area (Å²) in [4.78, 5) is 16.4. The number of aromatic nitrogens is 2. The number of aryl methyl sites for hydroxylation is 1. The third kappa shape index (κ3) is 4.46. The minimum atomic E-state index is -3.81. The summed E-state index contributed by atoms with van der Waals surface area (Å²) >= 11 is 1.20. The highest BCUT2D eigenvalue weighted by atomic mass is 32.2. The first-order valence-electron chi connectivity index (χ1n) is 7.88. The third-order valence-electron chi connectivity index (χ3n) is 3.91. The monoisotopic (exact) mass is 408 g/mol. The van der Waals surface area contributed by atoms with Gasteiger partial charge in [-0.1, -0.05) is 30.0 Å². The Kier molecular flexibility index (Phi) is 5.49. The van der Waals surface area contributed by atoms with Gasteiger partial charge in [-0.15, -0.1) is 0 Å². The average molecular weight is 408 g/mol. The second-order valence-corrected chi connectivity index (χ2v) is 8.31. The number of imidazole rings is 1. The summed E-state index contributed by atoms with van der Waals surface area (Å²) in [7, 11) is -2.04. The number of nitrogens with two attached hydrogens (primary N) is 1. The summed E-state index contributed by atoms with van der Waals surface area (Å²) in [5.74, 6) is -0.541. The van der Waals surface area contributed by atoms with E-state index in [1.54, 1.807) is 35.9 Å². The fourth-order valence-corrected chi connectivity index (χ4v) is 3.83. The van der Waals surface area contributed by atoms with E-state index < -0.39 is 10.0 Å². The van der Waals surface area contributed by atoms with Crippen LogP contribution in [-0.2, 0) is 28.4 Å². The van der Waals surface area contributed by atoms with Crippen molar-refractivity contribution in [2.45, 2.75) is 16.6 Å². The molecule has 1 aromatic heterocycles. The Morgan fingerprint density at radius 1 is 1.30 bits per heavy atom. The number of amides is 1. The maximum absolute atomic E-state index is 13.6. The summed E-state index contributed by atoms with van der Waals surface area (Å²) in [6, 6.07) is 10.7. The van der Waals surface area contributed by atoms with Gasteiger partial charge >= 0.3 is 0 Å². The van der Waals surface area contributed by atoms with E-state index in [2.05, 4.69) is 10.3 Å². The molecule has 0 bridgehead atoms. The fraction of sp³-hybridized carbons (Fsp3) is 0.176. The number of nitrogens with one attached hydrogen (secondary N) is 1. The van der Waals surface area contributed by atoms with Gasteiger partial charge in [-0.25, -0.2) is 22.9 Å². The van der Waals surface area contributed by atoms with Gasteiger partial charge in [0.15, 0.2) is 5.16 Å². The summed E-state index contributed by atoms with van der Waals surface area (Å²) in [6.07, 6.45) is 0. The molecule has 7 nitrogen and oxygen atoms in total. The molecular weight excluding hydrogens is 391 g/mol. The van der Waals surface area contributed by atoms with Crippen molar-refractivity contribution in [1.29, 1.82) is 0 Å². The number of carbonyl (C=O) groups excluding carboxylic acids is 1. The molecule has 0 aliphatic rings. The van der Waals surface area contributed by atoms with Gasteiger partial charge in [0.25, 0.3) is 0 Å². The minimum absolute atomic E-state index is 0.0210. The molecule has 2 aromatic carbocycles. The number of thioether (sulfide) groups is 1. The van der Waals surface area contributed by atoms with E-state index in [-0.39, 0.29) is 28.9 Å².